The number of amides is 2. The van der Waals surface area contributed by atoms with Crippen molar-refractivity contribution in [3.05, 3.63) is 65.7 Å². The lowest BCUT2D eigenvalue weighted by Crippen LogP contribution is -2.32. The molecule has 2 N–H and O–H groups in total. The Morgan fingerprint density at radius 3 is 2.40 bits per heavy atom. The third kappa shape index (κ3) is 5.72. The minimum absolute atomic E-state index is 0.216. The van der Waals surface area contributed by atoms with Crippen molar-refractivity contribution >= 4 is 17.5 Å². The van der Waals surface area contributed by atoms with Crippen LogP contribution >= 0.6 is 0 Å². The Kier molecular flexibility index (Phi) is 6.71. The van der Waals surface area contributed by atoms with Crippen LogP contribution in [0.1, 0.15) is 30.1 Å². The molecule has 5 heteroatoms. The average Bonchev–Trinajstić information content (AvgIpc) is 2.62. The van der Waals surface area contributed by atoms with E-state index in [1.807, 2.05) is 55.5 Å². The van der Waals surface area contributed by atoms with E-state index in [0.717, 1.165) is 11.1 Å². The molecular weight excluding hydrogens is 316 g/mol. The summed E-state index contributed by atoms with van der Waals surface area (Å²) in [7, 11) is 1.64. The van der Waals surface area contributed by atoms with Gasteiger partial charge >= 0.3 is 0 Å². The van der Waals surface area contributed by atoms with Crippen LogP contribution in [0, 0.1) is 6.92 Å². The largest absolute Gasteiger partial charge is 0.388 e. The van der Waals surface area contributed by atoms with Gasteiger partial charge in [0.05, 0.1) is 6.10 Å². The van der Waals surface area contributed by atoms with Crippen molar-refractivity contribution < 1.29 is 14.7 Å². The molecular formula is C20H24N2O3. The molecule has 0 aliphatic carbocycles. The summed E-state index contributed by atoms with van der Waals surface area (Å²) in [6.45, 7) is 2.28. The number of nitrogens with one attached hydrogen (secondary N) is 1. The van der Waals surface area contributed by atoms with Crippen LogP contribution in [0.5, 0.6) is 0 Å². The van der Waals surface area contributed by atoms with E-state index in [1.54, 1.807) is 13.1 Å². The van der Waals surface area contributed by atoms with E-state index in [1.165, 1.54) is 4.90 Å². The molecule has 5 nitrogen and oxygen atoms in total. The van der Waals surface area contributed by atoms with Crippen molar-refractivity contribution in [1.29, 1.82) is 0 Å². The summed E-state index contributed by atoms with van der Waals surface area (Å²) >= 11 is 0. The van der Waals surface area contributed by atoms with Crippen LogP contribution in [0.15, 0.2) is 54.6 Å². The zero-order valence-corrected chi connectivity index (χ0v) is 14.6. The highest BCUT2D eigenvalue weighted by atomic mass is 16.3. The van der Waals surface area contributed by atoms with Gasteiger partial charge in [-0.1, -0.05) is 48.5 Å². The Labute approximate surface area is 148 Å². The summed E-state index contributed by atoms with van der Waals surface area (Å²) in [5.74, 6) is -0.610. The van der Waals surface area contributed by atoms with E-state index in [-0.39, 0.29) is 18.2 Å². The Hall–Kier alpha value is -2.66. The molecule has 0 aliphatic heterocycles. The summed E-state index contributed by atoms with van der Waals surface area (Å²) < 4.78 is 0. The maximum Gasteiger partial charge on any atom is 0.233 e. The highest BCUT2D eigenvalue weighted by Gasteiger charge is 2.16. The molecule has 2 rings (SSSR count). The number of rotatable bonds is 7. The summed E-state index contributed by atoms with van der Waals surface area (Å²) in [5.41, 5.74) is 2.48. The summed E-state index contributed by atoms with van der Waals surface area (Å²) in [4.78, 5) is 25.7. The minimum Gasteiger partial charge on any atom is -0.388 e. The minimum atomic E-state index is -0.628. The van der Waals surface area contributed by atoms with E-state index in [9.17, 15) is 14.7 Å². The van der Waals surface area contributed by atoms with E-state index < -0.39 is 6.10 Å². The number of aliphatic hydroxyl groups excluding tert-OH is 1. The zero-order valence-electron chi connectivity index (χ0n) is 14.6. The second kappa shape index (κ2) is 8.99. The number of nitrogens with zero attached hydrogens (tertiary/aromatic N) is 1. The topological polar surface area (TPSA) is 69.6 Å². The number of para-hydroxylation sites is 1. The van der Waals surface area contributed by atoms with Gasteiger partial charge in [0.1, 0.15) is 6.42 Å². The summed E-state index contributed by atoms with van der Waals surface area (Å²) in [6.07, 6.45) is -0.421. The molecule has 0 unspecified atom stereocenters. The molecule has 2 aromatic rings. The van der Waals surface area contributed by atoms with Gasteiger partial charge in [0.15, 0.2) is 0 Å². The molecule has 2 amide bonds. The number of benzene rings is 2. The fraction of sp³-hybridized carbons (Fsp3) is 0.300. The van der Waals surface area contributed by atoms with E-state index in [0.29, 0.717) is 18.7 Å². The molecule has 0 spiro atoms. The summed E-state index contributed by atoms with van der Waals surface area (Å²) in [6, 6.07) is 16.7. The fourth-order valence-corrected chi connectivity index (χ4v) is 2.46. The molecule has 0 aromatic heterocycles. The Bertz CT molecular complexity index is 716. The first-order chi connectivity index (χ1) is 12.0. The van der Waals surface area contributed by atoms with Crippen molar-refractivity contribution in [3.63, 3.8) is 0 Å². The number of anilines is 1. The lowest BCUT2D eigenvalue weighted by Gasteiger charge is -2.19. The molecule has 132 valence electrons. The average molecular weight is 340 g/mol. The molecule has 0 aliphatic rings. The van der Waals surface area contributed by atoms with Crippen LogP contribution < -0.4 is 5.32 Å². The van der Waals surface area contributed by atoms with Crippen LogP contribution in [-0.4, -0.2) is 35.4 Å². The molecule has 0 saturated heterocycles. The molecule has 1 atom stereocenters. The quantitative estimate of drug-likeness (QED) is 0.762. The van der Waals surface area contributed by atoms with Crippen molar-refractivity contribution in [1.82, 2.24) is 4.90 Å². The van der Waals surface area contributed by atoms with E-state index in [4.69, 9.17) is 0 Å². The van der Waals surface area contributed by atoms with Crippen LogP contribution in [0.4, 0.5) is 5.69 Å². The number of hydrogen-bond acceptors (Lipinski definition) is 3. The van der Waals surface area contributed by atoms with Crippen LogP contribution in [0.2, 0.25) is 0 Å². The van der Waals surface area contributed by atoms with E-state index in [2.05, 4.69) is 5.32 Å². The zero-order chi connectivity index (χ0) is 18.2. The maximum absolute atomic E-state index is 12.2. The lowest BCUT2D eigenvalue weighted by atomic mass is 10.1. The van der Waals surface area contributed by atoms with Gasteiger partial charge in [-0.25, -0.2) is 0 Å². The first-order valence-corrected chi connectivity index (χ1v) is 8.30. The monoisotopic (exact) mass is 340 g/mol. The van der Waals surface area contributed by atoms with Gasteiger partial charge in [0, 0.05) is 19.3 Å². The van der Waals surface area contributed by atoms with Crippen LogP contribution in [-0.2, 0) is 9.59 Å². The number of hydrogen-bond donors (Lipinski definition) is 2. The molecule has 0 heterocycles. The molecule has 0 bridgehead atoms. The SMILES string of the molecule is Cc1ccccc1NC(=O)CC(=O)N(C)CC[C@H](O)c1ccccc1. The smallest absolute Gasteiger partial charge is 0.233 e. The Morgan fingerprint density at radius 1 is 1.08 bits per heavy atom. The molecule has 0 fully saturated rings. The first kappa shape index (κ1) is 18.7. The number of aryl methyl sites for hydroxylation is 1. The van der Waals surface area contributed by atoms with Crippen molar-refractivity contribution in [2.24, 2.45) is 0 Å². The van der Waals surface area contributed by atoms with Crippen LogP contribution in [0.3, 0.4) is 0 Å². The standard InChI is InChI=1S/C20H24N2O3/c1-15-8-6-7-11-17(15)21-19(24)14-20(25)22(2)13-12-18(23)16-9-4-3-5-10-16/h3-11,18,23H,12-14H2,1-2H3,(H,21,24)/t18-/m0/s1. The highest BCUT2D eigenvalue weighted by molar-refractivity contribution is 6.03. The predicted molar refractivity (Wildman–Crippen MR) is 98.1 cm³/mol. The molecule has 2 aromatic carbocycles. The third-order valence-corrected chi connectivity index (χ3v) is 4.08. The number of carbonyl (C=O) groups is 2. The van der Waals surface area contributed by atoms with Gasteiger partial charge in [-0.2, -0.15) is 0 Å². The van der Waals surface area contributed by atoms with Gasteiger partial charge in [-0.3, -0.25) is 9.59 Å². The Morgan fingerprint density at radius 2 is 1.72 bits per heavy atom. The molecule has 25 heavy (non-hydrogen) atoms. The predicted octanol–water partition coefficient (Wildman–Crippen LogP) is 2.91. The van der Waals surface area contributed by atoms with Crippen molar-refractivity contribution in [2.75, 3.05) is 18.9 Å². The number of aliphatic hydroxyl groups is 1. The lowest BCUT2D eigenvalue weighted by molar-refractivity contribution is -0.133. The second-order valence-corrected chi connectivity index (χ2v) is 6.07. The first-order valence-electron chi connectivity index (χ1n) is 8.30. The second-order valence-electron chi connectivity index (χ2n) is 6.07. The molecule has 0 saturated carbocycles. The summed E-state index contributed by atoms with van der Waals surface area (Å²) in [5, 5.41) is 12.9. The van der Waals surface area contributed by atoms with Crippen molar-refractivity contribution in [2.45, 2.75) is 25.9 Å². The number of carbonyl (C=O) groups excluding carboxylic acids is 2. The van der Waals surface area contributed by atoms with E-state index >= 15 is 0 Å². The highest BCUT2D eigenvalue weighted by Crippen LogP contribution is 2.16. The van der Waals surface area contributed by atoms with Gasteiger partial charge in [0.2, 0.25) is 11.8 Å². The fourth-order valence-electron chi connectivity index (χ4n) is 2.46. The van der Waals surface area contributed by atoms with Gasteiger partial charge in [0.25, 0.3) is 0 Å². The van der Waals surface area contributed by atoms with Gasteiger partial charge < -0.3 is 15.3 Å². The van der Waals surface area contributed by atoms with Gasteiger partial charge in [-0.05, 0) is 30.5 Å². The van der Waals surface area contributed by atoms with Gasteiger partial charge in [-0.15, -0.1) is 0 Å². The van der Waals surface area contributed by atoms with Crippen molar-refractivity contribution in [3.8, 4) is 0 Å². The normalized spacial score (nSPS) is 11.6. The third-order valence-electron chi connectivity index (χ3n) is 4.08. The molecule has 0 radical (unpaired) electrons. The Balaban J connectivity index is 1.80. The van der Waals surface area contributed by atoms with Crippen LogP contribution in [0.25, 0.3) is 0 Å². The maximum atomic E-state index is 12.2.